The highest BCUT2D eigenvalue weighted by Crippen LogP contribution is 2.25. The van der Waals surface area contributed by atoms with Gasteiger partial charge in [-0.25, -0.2) is 4.79 Å². The quantitative estimate of drug-likeness (QED) is 0.850. The van der Waals surface area contributed by atoms with E-state index in [0.717, 1.165) is 12.8 Å². The SMILES string of the molecule is C[C@@H](Oc1ccc2c(c1)CCCC2)C(=O)O. The first-order chi connectivity index (χ1) is 7.66. The molecular weight excluding hydrogens is 204 g/mol. The Morgan fingerprint density at radius 1 is 1.31 bits per heavy atom. The van der Waals surface area contributed by atoms with Crippen LogP contribution in [0.5, 0.6) is 5.75 Å². The van der Waals surface area contributed by atoms with Crippen molar-refractivity contribution in [2.75, 3.05) is 0 Å². The maximum atomic E-state index is 10.7. The fourth-order valence-electron chi connectivity index (χ4n) is 2.04. The minimum Gasteiger partial charge on any atom is -0.479 e. The van der Waals surface area contributed by atoms with Gasteiger partial charge in [0, 0.05) is 0 Å². The van der Waals surface area contributed by atoms with Crippen molar-refractivity contribution < 1.29 is 14.6 Å². The number of ether oxygens (including phenoxy) is 1. The van der Waals surface area contributed by atoms with Crippen molar-refractivity contribution in [2.24, 2.45) is 0 Å². The summed E-state index contributed by atoms with van der Waals surface area (Å²) in [5.41, 5.74) is 2.68. The lowest BCUT2D eigenvalue weighted by atomic mass is 9.92. The van der Waals surface area contributed by atoms with Crippen LogP contribution in [0.1, 0.15) is 30.9 Å². The van der Waals surface area contributed by atoms with Gasteiger partial charge in [-0.2, -0.15) is 0 Å². The number of aryl methyl sites for hydroxylation is 2. The Hall–Kier alpha value is -1.51. The normalized spacial score (nSPS) is 16.3. The lowest BCUT2D eigenvalue weighted by Gasteiger charge is -2.17. The lowest BCUT2D eigenvalue weighted by Crippen LogP contribution is -2.23. The Bertz CT molecular complexity index is 398. The van der Waals surface area contributed by atoms with Crippen LogP contribution in [0.2, 0.25) is 0 Å². The molecule has 0 unspecified atom stereocenters. The Labute approximate surface area is 95.0 Å². The Kier molecular flexibility index (Phi) is 3.13. The number of rotatable bonds is 3. The molecule has 3 nitrogen and oxygen atoms in total. The smallest absolute Gasteiger partial charge is 0.344 e. The molecule has 1 atom stereocenters. The number of carboxylic acids is 1. The molecule has 1 N–H and O–H groups in total. The molecule has 1 aromatic carbocycles. The summed E-state index contributed by atoms with van der Waals surface area (Å²) in [6.07, 6.45) is 3.88. The number of carbonyl (C=O) groups is 1. The van der Waals surface area contributed by atoms with Gasteiger partial charge in [-0.1, -0.05) is 6.07 Å². The average molecular weight is 220 g/mol. The van der Waals surface area contributed by atoms with Crippen molar-refractivity contribution in [1.29, 1.82) is 0 Å². The van der Waals surface area contributed by atoms with Gasteiger partial charge in [-0.05, 0) is 55.9 Å². The van der Waals surface area contributed by atoms with Crippen molar-refractivity contribution in [2.45, 2.75) is 38.7 Å². The van der Waals surface area contributed by atoms with E-state index in [2.05, 4.69) is 6.07 Å². The molecule has 16 heavy (non-hydrogen) atoms. The van der Waals surface area contributed by atoms with Crippen LogP contribution >= 0.6 is 0 Å². The third-order valence-corrected chi connectivity index (χ3v) is 2.98. The van der Waals surface area contributed by atoms with E-state index in [-0.39, 0.29) is 0 Å². The number of hydrogen-bond acceptors (Lipinski definition) is 2. The van der Waals surface area contributed by atoms with Crippen LogP contribution in [0.4, 0.5) is 0 Å². The van der Waals surface area contributed by atoms with Gasteiger partial charge in [0.1, 0.15) is 5.75 Å². The van der Waals surface area contributed by atoms with Gasteiger partial charge in [0.25, 0.3) is 0 Å². The first kappa shape index (κ1) is 11.0. The molecule has 0 radical (unpaired) electrons. The Morgan fingerprint density at radius 3 is 2.69 bits per heavy atom. The van der Waals surface area contributed by atoms with E-state index in [1.54, 1.807) is 6.92 Å². The highest BCUT2D eigenvalue weighted by molar-refractivity contribution is 5.72. The Balaban J connectivity index is 2.14. The van der Waals surface area contributed by atoms with E-state index in [4.69, 9.17) is 9.84 Å². The highest BCUT2D eigenvalue weighted by Gasteiger charge is 2.14. The van der Waals surface area contributed by atoms with Crippen molar-refractivity contribution in [3.05, 3.63) is 29.3 Å². The molecular formula is C13H16O3. The second-order valence-corrected chi connectivity index (χ2v) is 4.24. The largest absolute Gasteiger partial charge is 0.479 e. The van der Waals surface area contributed by atoms with E-state index < -0.39 is 12.1 Å². The fraction of sp³-hybridized carbons (Fsp3) is 0.462. The zero-order chi connectivity index (χ0) is 11.5. The molecule has 3 heteroatoms. The average Bonchev–Trinajstić information content (AvgIpc) is 2.28. The summed E-state index contributed by atoms with van der Waals surface area (Å²) in [7, 11) is 0. The molecule has 0 aliphatic heterocycles. The van der Waals surface area contributed by atoms with Gasteiger partial charge in [0.2, 0.25) is 0 Å². The molecule has 0 bridgehead atoms. The predicted molar refractivity (Wildman–Crippen MR) is 60.8 cm³/mol. The van der Waals surface area contributed by atoms with Crippen LogP contribution in [0, 0.1) is 0 Å². The van der Waals surface area contributed by atoms with E-state index >= 15 is 0 Å². The Morgan fingerprint density at radius 2 is 2.00 bits per heavy atom. The molecule has 0 saturated carbocycles. The number of aliphatic carboxylic acids is 1. The first-order valence-corrected chi connectivity index (χ1v) is 5.68. The van der Waals surface area contributed by atoms with Gasteiger partial charge < -0.3 is 9.84 Å². The van der Waals surface area contributed by atoms with Gasteiger partial charge in [-0.15, -0.1) is 0 Å². The molecule has 1 aliphatic rings. The van der Waals surface area contributed by atoms with Gasteiger partial charge in [-0.3, -0.25) is 0 Å². The standard InChI is InChI=1S/C13H16O3/c1-9(13(14)15)16-12-7-6-10-4-2-3-5-11(10)8-12/h6-9H,2-5H2,1H3,(H,14,15)/t9-/m1/s1. The highest BCUT2D eigenvalue weighted by atomic mass is 16.5. The van der Waals surface area contributed by atoms with Crippen molar-refractivity contribution in [3.63, 3.8) is 0 Å². The van der Waals surface area contributed by atoms with Crippen molar-refractivity contribution >= 4 is 5.97 Å². The van der Waals surface area contributed by atoms with Gasteiger partial charge in [0.05, 0.1) is 0 Å². The van der Waals surface area contributed by atoms with Gasteiger partial charge >= 0.3 is 5.97 Å². The molecule has 1 aliphatic carbocycles. The molecule has 0 fully saturated rings. The fourth-order valence-corrected chi connectivity index (χ4v) is 2.04. The summed E-state index contributed by atoms with van der Waals surface area (Å²) in [5.74, 6) is -0.270. The van der Waals surface area contributed by atoms with Crippen LogP contribution in [0.25, 0.3) is 0 Å². The zero-order valence-electron chi connectivity index (χ0n) is 9.40. The topological polar surface area (TPSA) is 46.5 Å². The zero-order valence-corrected chi connectivity index (χ0v) is 9.40. The van der Waals surface area contributed by atoms with E-state index in [1.165, 1.54) is 24.0 Å². The maximum Gasteiger partial charge on any atom is 0.344 e. The number of hydrogen-bond donors (Lipinski definition) is 1. The molecule has 0 amide bonds. The lowest BCUT2D eigenvalue weighted by molar-refractivity contribution is -0.144. The minimum absolute atomic E-state index is 0.663. The monoisotopic (exact) mass is 220 g/mol. The van der Waals surface area contributed by atoms with Crippen molar-refractivity contribution in [3.8, 4) is 5.75 Å². The summed E-state index contributed by atoms with van der Waals surface area (Å²) in [5, 5.41) is 8.76. The molecule has 0 spiro atoms. The number of benzene rings is 1. The van der Waals surface area contributed by atoms with Crippen LogP contribution in [0.3, 0.4) is 0 Å². The van der Waals surface area contributed by atoms with Crippen LogP contribution in [-0.2, 0) is 17.6 Å². The summed E-state index contributed by atoms with van der Waals surface area (Å²) < 4.78 is 5.34. The summed E-state index contributed by atoms with van der Waals surface area (Å²) >= 11 is 0. The number of carboxylic acid groups (broad SMARTS) is 1. The van der Waals surface area contributed by atoms with Crippen LogP contribution in [-0.4, -0.2) is 17.2 Å². The van der Waals surface area contributed by atoms with E-state index in [0.29, 0.717) is 5.75 Å². The van der Waals surface area contributed by atoms with E-state index in [9.17, 15) is 4.79 Å². The molecule has 1 aromatic rings. The molecule has 0 heterocycles. The third kappa shape index (κ3) is 2.35. The summed E-state index contributed by atoms with van der Waals surface area (Å²) in [6, 6.07) is 5.90. The maximum absolute atomic E-state index is 10.7. The number of fused-ring (bicyclic) bond motifs is 1. The van der Waals surface area contributed by atoms with E-state index in [1.807, 2.05) is 12.1 Å². The molecule has 86 valence electrons. The van der Waals surface area contributed by atoms with Crippen LogP contribution < -0.4 is 4.74 Å². The third-order valence-electron chi connectivity index (χ3n) is 2.98. The molecule has 2 rings (SSSR count). The summed E-state index contributed by atoms with van der Waals surface area (Å²) in [4.78, 5) is 10.7. The van der Waals surface area contributed by atoms with Gasteiger partial charge in [0.15, 0.2) is 6.10 Å². The van der Waals surface area contributed by atoms with Crippen LogP contribution in [0.15, 0.2) is 18.2 Å². The summed E-state index contributed by atoms with van der Waals surface area (Å²) in [6.45, 7) is 1.54. The first-order valence-electron chi connectivity index (χ1n) is 5.68. The predicted octanol–water partition coefficient (Wildman–Crippen LogP) is 2.42. The molecule has 0 aromatic heterocycles. The second-order valence-electron chi connectivity index (χ2n) is 4.24. The molecule has 0 saturated heterocycles. The second kappa shape index (κ2) is 4.56. The van der Waals surface area contributed by atoms with Crippen molar-refractivity contribution in [1.82, 2.24) is 0 Å². The minimum atomic E-state index is -0.933.